The van der Waals surface area contributed by atoms with Gasteiger partial charge in [-0.25, -0.2) is 4.39 Å². The molecule has 1 saturated heterocycles. The van der Waals surface area contributed by atoms with Crippen molar-refractivity contribution in [3.63, 3.8) is 0 Å². The molecule has 4 nitrogen and oxygen atoms in total. The number of aryl methyl sites for hydroxylation is 1. The van der Waals surface area contributed by atoms with Gasteiger partial charge < -0.3 is 4.90 Å². The molecule has 0 N–H and O–H groups in total. The molecule has 2 aromatic carbocycles. The van der Waals surface area contributed by atoms with Gasteiger partial charge >= 0.3 is 0 Å². The second-order valence-electron chi connectivity index (χ2n) is 8.63. The molecule has 31 heavy (non-hydrogen) atoms. The third-order valence-corrected chi connectivity index (χ3v) is 6.96. The molecule has 0 aliphatic carbocycles. The average molecular weight is 437 g/mol. The second kappa shape index (κ2) is 7.68. The molecule has 1 fully saturated rings. The highest BCUT2D eigenvalue weighted by Crippen LogP contribution is 2.40. The highest BCUT2D eigenvalue weighted by Gasteiger charge is 2.36. The molecular formula is C25H25FN2O2S. The van der Waals surface area contributed by atoms with Crippen LogP contribution >= 0.6 is 11.8 Å². The lowest BCUT2D eigenvalue weighted by Gasteiger charge is -2.41. The second-order valence-corrected chi connectivity index (χ2v) is 9.62. The van der Waals surface area contributed by atoms with Crippen molar-refractivity contribution in [2.45, 2.75) is 39.8 Å². The highest BCUT2D eigenvalue weighted by atomic mass is 32.2. The van der Waals surface area contributed by atoms with Gasteiger partial charge in [0.05, 0.1) is 17.0 Å². The fraction of sp³-hybridized carbons (Fsp3) is 0.280. The molecule has 0 atom stereocenters. The smallest absolute Gasteiger partial charge is 0.293 e. The summed E-state index contributed by atoms with van der Waals surface area (Å²) in [4.78, 5) is 29.1. The Hall–Kier alpha value is -2.86. The number of halogens is 1. The van der Waals surface area contributed by atoms with Gasteiger partial charge in [-0.1, -0.05) is 24.3 Å². The zero-order chi connectivity index (χ0) is 22.5. The molecule has 0 radical (unpaired) electrons. The van der Waals surface area contributed by atoms with Crippen LogP contribution in [0.4, 0.5) is 14.9 Å². The number of fused-ring (bicyclic) bond motifs is 1. The van der Waals surface area contributed by atoms with Crippen molar-refractivity contribution in [2.24, 2.45) is 0 Å². The number of anilines is 1. The Balaban J connectivity index is 1.67. The number of likely N-dealkylation sites (N-methyl/N-ethyl adjacent to an activating group) is 1. The van der Waals surface area contributed by atoms with Crippen LogP contribution in [0.25, 0.3) is 11.6 Å². The molecule has 2 amide bonds. The quantitative estimate of drug-likeness (QED) is 0.553. The Morgan fingerprint density at radius 2 is 1.84 bits per heavy atom. The molecular weight excluding hydrogens is 411 g/mol. The Morgan fingerprint density at radius 3 is 2.55 bits per heavy atom. The summed E-state index contributed by atoms with van der Waals surface area (Å²) in [5.41, 5.74) is 5.60. The molecule has 0 bridgehead atoms. The number of rotatable bonds is 3. The fourth-order valence-electron chi connectivity index (χ4n) is 4.05. The minimum absolute atomic E-state index is 0.0699. The van der Waals surface area contributed by atoms with E-state index < -0.39 is 5.82 Å². The van der Waals surface area contributed by atoms with E-state index >= 15 is 0 Å². The van der Waals surface area contributed by atoms with Gasteiger partial charge in [0.1, 0.15) is 5.82 Å². The summed E-state index contributed by atoms with van der Waals surface area (Å²) < 4.78 is 14.0. The van der Waals surface area contributed by atoms with Crippen molar-refractivity contribution >= 4 is 40.2 Å². The standard InChI is InChI=1S/C25H25FN2O2S/c1-15-10-21-19(16(2)13-25(3,4)27(21)5)11-18(15)12-22-23(29)28(24(30)31-22)14-17-8-6-7-9-20(17)26/h6-13H,14H2,1-5H3/b22-12+. The lowest BCUT2D eigenvalue weighted by atomic mass is 9.87. The fourth-order valence-corrected chi connectivity index (χ4v) is 4.88. The number of benzene rings is 2. The molecule has 2 aliphatic rings. The van der Waals surface area contributed by atoms with Crippen molar-refractivity contribution < 1.29 is 14.0 Å². The number of allylic oxidation sites excluding steroid dienone is 1. The Kier molecular flexibility index (Phi) is 5.30. The van der Waals surface area contributed by atoms with Crippen LogP contribution < -0.4 is 4.90 Å². The summed E-state index contributed by atoms with van der Waals surface area (Å²) in [7, 11) is 2.08. The number of carbonyl (C=O) groups excluding carboxylic acids is 2. The predicted molar refractivity (Wildman–Crippen MR) is 125 cm³/mol. The van der Waals surface area contributed by atoms with E-state index in [-0.39, 0.29) is 23.2 Å². The van der Waals surface area contributed by atoms with E-state index in [0.717, 1.165) is 39.0 Å². The molecule has 2 aliphatic heterocycles. The zero-order valence-electron chi connectivity index (χ0n) is 18.3. The van der Waals surface area contributed by atoms with Crippen molar-refractivity contribution in [3.8, 4) is 0 Å². The number of thioether (sulfide) groups is 1. The SMILES string of the molecule is CC1=CC(C)(C)N(C)c2cc(C)c(/C=C3/SC(=O)N(Cc4ccccc4F)C3=O)cc21. The van der Waals surface area contributed by atoms with Crippen LogP contribution in [0, 0.1) is 12.7 Å². The number of nitrogens with zero attached hydrogens (tertiary/aromatic N) is 2. The van der Waals surface area contributed by atoms with Gasteiger partial charge in [0.25, 0.3) is 11.1 Å². The Bertz CT molecular complexity index is 1170. The Morgan fingerprint density at radius 1 is 1.13 bits per heavy atom. The first-order chi connectivity index (χ1) is 14.6. The molecule has 160 valence electrons. The molecule has 0 spiro atoms. The summed E-state index contributed by atoms with van der Waals surface area (Å²) in [6, 6.07) is 10.4. The first-order valence-electron chi connectivity index (χ1n) is 10.2. The van der Waals surface area contributed by atoms with Crippen LogP contribution in [-0.2, 0) is 11.3 Å². The van der Waals surface area contributed by atoms with Crippen LogP contribution in [0.15, 0.2) is 47.4 Å². The third kappa shape index (κ3) is 3.81. The number of carbonyl (C=O) groups is 2. The van der Waals surface area contributed by atoms with Crippen LogP contribution in [-0.4, -0.2) is 28.6 Å². The van der Waals surface area contributed by atoms with E-state index in [1.807, 2.05) is 6.92 Å². The zero-order valence-corrected chi connectivity index (χ0v) is 19.1. The van der Waals surface area contributed by atoms with Gasteiger partial charge in [-0.3, -0.25) is 14.5 Å². The van der Waals surface area contributed by atoms with E-state index in [1.54, 1.807) is 24.3 Å². The summed E-state index contributed by atoms with van der Waals surface area (Å²) in [6.07, 6.45) is 4.01. The molecule has 0 saturated carbocycles. The maximum absolute atomic E-state index is 14.0. The minimum Gasteiger partial charge on any atom is -0.365 e. The number of hydrogen-bond acceptors (Lipinski definition) is 4. The van der Waals surface area contributed by atoms with E-state index in [4.69, 9.17) is 0 Å². The molecule has 4 rings (SSSR count). The lowest BCUT2D eigenvalue weighted by molar-refractivity contribution is -0.123. The summed E-state index contributed by atoms with van der Waals surface area (Å²) in [6.45, 7) is 8.38. The molecule has 2 heterocycles. The first kappa shape index (κ1) is 21.4. The van der Waals surface area contributed by atoms with Gasteiger partial charge in [0.15, 0.2) is 0 Å². The third-order valence-electron chi connectivity index (χ3n) is 6.05. The van der Waals surface area contributed by atoms with Crippen molar-refractivity contribution in [3.05, 3.63) is 75.5 Å². The minimum atomic E-state index is -0.426. The van der Waals surface area contributed by atoms with E-state index in [0.29, 0.717) is 10.5 Å². The van der Waals surface area contributed by atoms with E-state index in [9.17, 15) is 14.0 Å². The maximum atomic E-state index is 14.0. The summed E-state index contributed by atoms with van der Waals surface area (Å²) >= 11 is 0.900. The van der Waals surface area contributed by atoms with Crippen LogP contribution in [0.5, 0.6) is 0 Å². The largest absolute Gasteiger partial charge is 0.365 e. The van der Waals surface area contributed by atoms with E-state index in [2.05, 4.69) is 50.9 Å². The van der Waals surface area contributed by atoms with Gasteiger partial charge in [0, 0.05) is 23.9 Å². The normalized spacial score (nSPS) is 19.2. The summed E-state index contributed by atoms with van der Waals surface area (Å²) in [5, 5.41) is -0.382. The van der Waals surface area contributed by atoms with Gasteiger partial charge in [-0.2, -0.15) is 0 Å². The van der Waals surface area contributed by atoms with Gasteiger partial charge in [0.2, 0.25) is 0 Å². The number of amides is 2. The monoisotopic (exact) mass is 436 g/mol. The number of hydrogen-bond donors (Lipinski definition) is 0. The maximum Gasteiger partial charge on any atom is 0.293 e. The highest BCUT2D eigenvalue weighted by molar-refractivity contribution is 8.18. The van der Waals surface area contributed by atoms with E-state index in [1.165, 1.54) is 11.6 Å². The van der Waals surface area contributed by atoms with Crippen LogP contribution in [0.3, 0.4) is 0 Å². The molecule has 6 heteroatoms. The Labute approximate surface area is 186 Å². The first-order valence-corrected chi connectivity index (χ1v) is 11.0. The molecule has 0 aromatic heterocycles. The van der Waals surface area contributed by atoms with Gasteiger partial charge in [-0.15, -0.1) is 0 Å². The number of imide groups is 1. The summed E-state index contributed by atoms with van der Waals surface area (Å²) in [5.74, 6) is -0.814. The molecule has 2 aromatic rings. The van der Waals surface area contributed by atoms with Gasteiger partial charge in [-0.05, 0) is 80.4 Å². The van der Waals surface area contributed by atoms with Crippen molar-refractivity contribution in [1.29, 1.82) is 0 Å². The van der Waals surface area contributed by atoms with Crippen LogP contribution in [0.1, 0.15) is 43.0 Å². The van der Waals surface area contributed by atoms with Crippen molar-refractivity contribution in [2.75, 3.05) is 11.9 Å². The molecule has 0 unspecified atom stereocenters. The van der Waals surface area contributed by atoms with Crippen LogP contribution in [0.2, 0.25) is 0 Å². The average Bonchev–Trinajstić information content (AvgIpc) is 2.96. The van der Waals surface area contributed by atoms with Crippen molar-refractivity contribution in [1.82, 2.24) is 4.90 Å². The predicted octanol–water partition coefficient (Wildman–Crippen LogP) is 6.00. The lowest BCUT2D eigenvalue weighted by Crippen LogP contribution is -2.42. The topological polar surface area (TPSA) is 40.6 Å².